The van der Waals surface area contributed by atoms with Crippen LogP contribution in [0.5, 0.6) is 0 Å². The second-order valence-electron chi connectivity index (χ2n) is 4.53. The van der Waals surface area contributed by atoms with Gasteiger partial charge >= 0.3 is 0 Å². The molecule has 0 aromatic heterocycles. The summed E-state index contributed by atoms with van der Waals surface area (Å²) < 4.78 is 22.8. The number of hydrogen-bond acceptors (Lipinski definition) is 3. The van der Waals surface area contributed by atoms with E-state index in [4.69, 9.17) is 0 Å². The van der Waals surface area contributed by atoms with Gasteiger partial charge in [0.25, 0.3) is 0 Å². The molecule has 100 valence electrons. The van der Waals surface area contributed by atoms with Gasteiger partial charge in [-0.1, -0.05) is 38.3 Å². The first kappa shape index (κ1) is 14.9. The average molecular weight is 268 g/mol. The molecule has 0 N–H and O–H groups in total. The molecule has 18 heavy (non-hydrogen) atoms. The number of carbonyl (C=O) groups excluding carboxylic acids is 1. The number of benzene rings is 1. The van der Waals surface area contributed by atoms with E-state index < -0.39 is 9.84 Å². The van der Waals surface area contributed by atoms with E-state index in [0.717, 1.165) is 31.9 Å². The van der Waals surface area contributed by atoms with Crippen LogP contribution in [0.3, 0.4) is 0 Å². The summed E-state index contributed by atoms with van der Waals surface area (Å²) in [6.07, 6.45) is 5.84. The zero-order valence-corrected chi connectivity index (χ0v) is 11.8. The van der Waals surface area contributed by atoms with E-state index in [1.54, 1.807) is 12.1 Å². The normalized spacial score (nSPS) is 11.4. The first-order valence-electron chi connectivity index (χ1n) is 6.28. The first-order chi connectivity index (χ1) is 8.45. The van der Waals surface area contributed by atoms with Gasteiger partial charge in [-0.05, 0) is 18.6 Å². The van der Waals surface area contributed by atoms with Crippen LogP contribution in [0, 0.1) is 0 Å². The van der Waals surface area contributed by atoms with Crippen LogP contribution < -0.4 is 0 Å². The fourth-order valence-electron chi connectivity index (χ4n) is 1.76. The lowest BCUT2D eigenvalue weighted by Crippen LogP contribution is -2.02. The van der Waals surface area contributed by atoms with Crippen LogP contribution in [0.4, 0.5) is 0 Å². The molecule has 1 aromatic carbocycles. The molecule has 0 aliphatic carbocycles. The summed E-state index contributed by atoms with van der Waals surface area (Å²) in [5, 5.41) is 0. The number of Topliss-reactive ketones (excluding diaryl/α,β-unsaturated/α-hetero) is 1. The molecule has 0 aliphatic heterocycles. The van der Waals surface area contributed by atoms with E-state index in [0.29, 0.717) is 12.0 Å². The smallest absolute Gasteiger partial charge is 0.175 e. The molecule has 0 unspecified atom stereocenters. The zero-order valence-electron chi connectivity index (χ0n) is 11.0. The molecule has 0 spiro atoms. The standard InChI is InChI=1S/C14H20O3S/c1-3-4-5-6-10-14(15)12-8-7-9-13(11-12)18(2,16)17/h7-9,11H,3-6,10H2,1-2H3. The highest BCUT2D eigenvalue weighted by Crippen LogP contribution is 2.14. The number of hydrogen-bond donors (Lipinski definition) is 0. The van der Waals surface area contributed by atoms with Crippen molar-refractivity contribution in [1.82, 2.24) is 0 Å². The monoisotopic (exact) mass is 268 g/mol. The lowest BCUT2D eigenvalue weighted by molar-refractivity contribution is 0.0979. The lowest BCUT2D eigenvalue weighted by Gasteiger charge is -2.03. The molecule has 0 aliphatic rings. The van der Waals surface area contributed by atoms with Gasteiger partial charge in [-0.15, -0.1) is 0 Å². The van der Waals surface area contributed by atoms with Crippen molar-refractivity contribution in [3.63, 3.8) is 0 Å². The Hall–Kier alpha value is -1.16. The minimum Gasteiger partial charge on any atom is -0.294 e. The van der Waals surface area contributed by atoms with Gasteiger partial charge in [0, 0.05) is 18.2 Å². The molecule has 0 atom stereocenters. The maximum atomic E-state index is 11.9. The summed E-state index contributed by atoms with van der Waals surface area (Å²) in [6, 6.07) is 6.28. The molecule has 0 amide bonds. The van der Waals surface area contributed by atoms with E-state index in [1.807, 2.05) is 0 Å². The van der Waals surface area contributed by atoms with E-state index >= 15 is 0 Å². The van der Waals surface area contributed by atoms with Gasteiger partial charge in [-0.25, -0.2) is 8.42 Å². The van der Waals surface area contributed by atoms with Gasteiger partial charge in [0.15, 0.2) is 15.6 Å². The Morgan fingerprint density at radius 2 is 1.89 bits per heavy atom. The Morgan fingerprint density at radius 3 is 2.50 bits per heavy atom. The SMILES string of the molecule is CCCCCCC(=O)c1cccc(S(C)(=O)=O)c1. The highest BCUT2D eigenvalue weighted by Gasteiger charge is 2.11. The van der Waals surface area contributed by atoms with Crippen molar-refractivity contribution < 1.29 is 13.2 Å². The van der Waals surface area contributed by atoms with Crippen molar-refractivity contribution in [3.05, 3.63) is 29.8 Å². The second-order valence-corrected chi connectivity index (χ2v) is 6.55. The van der Waals surface area contributed by atoms with Crippen molar-refractivity contribution in [2.75, 3.05) is 6.26 Å². The second kappa shape index (κ2) is 6.69. The summed E-state index contributed by atoms with van der Waals surface area (Å²) in [5.41, 5.74) is 0.495. The van der Waals surface area contributed by atoms with Crippen LogP contribution in [-0.4, -0.2) is 20.5 Å². The third kappa shape index (κ3) is 4.61. The Balaban J connectivity index is 2.69. The van der Waals surface area contributed by atoms with Crippen molar-refractivity contribution in [3.8, 4) is 0 Å². The van der Waals surface area contributed by atoms with Gasteiger partial charge in [0.1, 0.15) is 0 Å². The fraction of sp³-hybridized carbons (Fsp3) is 0.500. The number of unbranched alkanes of at least 4 members (excludes halogenated alkanes) is 3. The van der Waals surface area contributed by atoms with E-state index in [2.05, 4.69) is 6.92 Å². The summed E-state index contributed by atoms with van der Waals surface area (Å²) in [7, 11) is -3.24. The highest BCUT2D eigenvalue weighted by molar-refractivity contribution is 7.90. The predicted molar refractivity (Wildman–Crippen MR) is 72.6 cm³/mol. The van der Waals surface area contributed by atoms with Crippen molar-refractivity contribution in [2.45, 2.75) is 43.9 Å². The van der Waals surface area contributed by atoms with Crippen LogP contribution in [0.1, 0.15) is 49.4 Å². The Labute approximate surface area is 109 Å². The first-order valence-corrected chi connectivity index (χ1v) is 8.17. The van der Waals surface area contributed by atoms with Gasteiger partial charge in [0.05, 0.1) is 4.90 Å². The zero-order chi connectivity index (χ0) is 13.6. The third-order valence-electron chi connectivity index (χ3n) is 2.84. The van der Waals surface area contributed by atoms with Crippen LogP contribution in [-0.2, 0) is 9.84 Å². The number of rotatable bonds is 7. The van der Waals surface area contributed by atoms with Crippen molar-refractivity contribution in [2.24, 2.45) is 0 Å². The van der Waals surface area contributed by atoms with E-state index in [-0.39, 0.29) is 10.7 Å². The highest BCUT2D eigenvalue weighted by atomic mass is 32.2. The van der Waals surface area contributed by atoms with E-state index in [1.165, 1.54) is 12.1 Å². The summed E-state index contributed by atoms with van der Waals surface area (Å²) in [6.45, 7) is 2.12. The number of sulfone groups is 1. The fourth-order valence-corrected chi connectivity index (χ4v) is 2.42. The molecular formula is C14H20O3S. The summed E-state index contributed by atoms with van der Waals surface area (Å²) >= 11 is 0. The predicted octanol–water partition coefficient (Wildman–Crippen LogP) is 3.24. The molecule has 0 saturated carbocycles. The van der Waals surface area contributed by atoms with Gasteiger partial charge in [0.2, 0.25) is 0 Å². The minimum atomic E-state index is -3.24. The molecule has 0 saturated heterocycles. The molecular weight excluding hydrogens is 248 g/mol. The van der Waals surface area contributed by atoms with Crippen LogP contribution >= 0.6 is 0 Å². The number of ketones is 1. The summed E-state index contributed by atoms with van der Waals surface area (Å²) in [5.74, 6) is 0.0246. The van der Waals surface area contributed by atoms with Crippen molar-refractivity contribution in [1.29, 1.82) is 0 Å². The topological polar surface area (TPSA) is 51.2 Å². The Bertz CT molecular complexity index is 504. The van der Waals surface area contributed by atoms with Crippen LogP contribution in [0.25, 0.3) is 0 Å². The van der Waals surface area contributed by atoms with Gasteiger partial charge in [-0.3, -0.25) is 4.79 Å². The van der Waals surface area contributed by atoms with Crippen molar-refractivity contribution >= 4 is 15.6 Å². The molecule has 1 aromatic rings. The Kier molecular flexibility index (Phi) is 5.54. The largest absolute Gasteiger partial charge is 0.294 e. The molecule has 3 nitrogen and oxygen atoms in total. The maximum absolute atomic E-state index is 11.9. The van der Waals surface area contributed by atoms with E-state index in [9.17, 15) is 13.2 Å². The molecule has 0 bridgehead atoms. The maximum Gasteiger partial charge on any atom is 0.175 e. The third-order valence-corrected chi connectivity index (χ3v) is 3.95. The van der Waals surface area contributed by atoms with Gasteiger partial charge < -0.3 is 0 Å². The molecule has 0 heterocycles. The lowest BCUT2D eigenvalue weighted by atomic mass is 10.0. The minimum absolute atomic E-state index is 0.0246. The molecule has 0 fully saturated rings. The number of carbonyl (C=O) groups is 1. The quantitative estimate of drug-likeness (QED) is 0.563. The Morgan fingerprint density at radius 1 is 1.17 bits per heavy atom. The molecule has 0 radical (unpaired) electrons. The average Bonchev–Trinajstić information content (AvgIpc) is 2.33. The summed E-state index contributed by atoms with van der Waals surface area (Å²) in [4.78, 5) is 12.1. The molecule has 4 heteroatoms. The van der Waals surface area contributed by atoms with Crippen LogP contribution in [0.15, 0.2) is 29.2 Å². The molecule has 1 rings (SSSR count). The van der Waals surface area contributed by atoms with Gasteiger partial charge in [-0.2, -0.15) is 0 Å². The van der Waals surface area contributed by atoms with Crippen LogP contribution in [0.2, 0.25) is 0 Å².